The van der Waals surface area contributed by atoms with Gasteiger partial charge in [-0.05, 0) is 85.5 Å². The number of hydrogen-bond donors (Lipinski definition) is 1. The Labute approximate surface area is 197 Å². The second kappa shape index (κ2) is 10.0. The van der Waals surface area contributed by atoms with Crippen molar-refractivity contribution < 1.29 is 14.3 Å². The summed E-state index contributed by atoms with van der Waals surface area (Å²) in [5.74, 6) is 1.16. The van der Waals surface area contributed by atoms with E-state index < -0.39 is 5.91 Å². The van der Waals surface area contributed by atoms with Crippen molar-refractivity contribution in [3.8, 4) is 11.5 Å². The Morgan fingerprint density at radius 3 is 2.42 bits per heavy atom. The quantitative estimate of drug-likeness (QED) is 0.431. The van der Waals surface area contributed by atoms with E-state index in [1.807, 2.05) is 42.5 Å². The van der Waals surface area contributed by atoms with Crippen LogP contribution in [0.1, 0.15) is 36.5 Å². The van der Waals surface area contributed by atoms with Crippen LogP contribution in [0.2, 0.25) is 0 Å². The number of ether oxygens (including phenoxy) is 2. The highest BCUT2D eigenvalue weighted by Crippen LogP contribution is 2.30. The van der Waals surface area contributed by atoms with Crippen molar-refractivity contribution in [2.24, 2.45) is 10.1 Å². The highest BCUT2D eigenvalue weighted by atomic mass is 32.2. The molecule has 0 saturated carbocycles. The number of hydrogen-bond acceptors (Lipinski definition) is 6. The van der Waals surface area contributed by atoms with Crippen LogP contribution in [-0.4, -0.2) is 40.2 Å². The zero-order chi connectivity index (χ0) is 23.4. The molecular weight excluding hydrogens is 436 g/mol. The van der Waals surface area contributed by atoms with Crippen molar-refractivity contribution in [2.45, 2.75) is 33.6 Å². The second-order valence-corrected chi connectivity index (χ2v) is 8.82. The number of carbonyl (C=O) groups excluding carboxylic acids is 1. The third-order valence-electron chi connectivity index (χ3n) is 5.25. The molecule has 7 nitrogen and oxygen atoms in total. The summed E-state index contributed by atoms with van der Waals surface area (Å²) in [6, 6.07) is 13.4. The predicted molar refractivity (Wildman–Crippen MR) is 133 cm³/mol. The molecule has 2 aromatic rings. The van der Waals surface area contributed by atoms with E-state index in [4.69, 9.17) is 14.9 Å². The van der Waals surface area contributed by atoms with Gasteiger partial charge in [-0.25, -0.2) is 0 Å². The first kappa shape index (κ1) is 22.8. The standard InChI is InChI=1S/C25H26N4O3S/c1-4-5-22-28-29-23(26)21(24(30)27-25(29)33-22)15-18-7-10-19(11-8-18)31-12-13-32-20-9-6-16(2)17(3)14-20/h6-11,14-15,26H,4-5,12-13H2,1-3H3. The molecule has 4 rings (SSSR count). The van der Waals surface area contributed by atoms with E-state index in [1.165, 1.54) is 27.9 Å². The Kier molecular flexibility index (Phi) is 6.93. The van der Waals surface area contributed by atoms with Crippen molar-refractivity contribution >= 4 is 39.8 Å². The highest BCUT2D eigenvalue weighted by molar-refractivity contribution is 8.26. The fraction of sp³-hybridized carbons (Fsp3) is 0.280. The summed E-state index contributed by atoms with van der Waals surface area (Å²) in [4.78, 5) is 16.6. The molecule has 2 aliphatic rings. The van der Waals surface area contributed by atoms with Crippen LogP contribution < -0.4 is 9.47 Å². The Bertz CT molecular complexity index is 1170. The topological polar surface area (TPSA) is 87.3 Å². The molecule has 2 heterocycles. The Morgan fingerprint density at radius 1 is 1.03 bits per heavy atom. The molecule has 33 heavy (non-hydrogen) atoms. The minimum Gasteiger partial charge on any atom is -0.490 e. The first-order chi connectivity index (χ1) is 15.9. The molecule has 0 saturated heterocycles. The van der Waals surface area contributed by atoms with E-state index in [0.717, 1.165) is 29.2 Å². The number of benzene rings is 2. The van der Waals surface area contributed by atoms with Crippen molar-refractivity contribution in [1.82, 2.24) is 5.01 Å². The third kappa shape index (κ3) is 5.34. The molecular formula is C25H26N4O3S. The van der Waals surface area contributed by atoms with Gasteiger partial charge < -0.3 is 9.47 Å². The summed E-state index contributed by atoms with van der Waals surface area (Å²) in [5, 5.41) is 15.6. The van der Waals surface area contributed by atoms with Gasteiger partial charge in [0, 0.05) is 0 Å². The average molecular weight is 463 g/mol. The maximum absolute atomic E-state index is 12.5. The maximum atomic E-state index is 12.5. The van der Waals surface area contributed by atoms with Crippen molar-refractivity contribution in [1.29, 1.82) is 5.41 Å². The average Bonchev–Trinajstić information content (AvgIpc) is 3.20. The molecule has 0 fully saturated rings. The molecule has 0 aromatic heterocycles. The molecule has 1 N–H and O–H groups in total. The summed E-state index contributed by atoms with van der Waals surface area (Å²) in [6.07, 6.45) is 3.41. The number of aliphatic imine (C=N–C) groups is 1. The van der Waals surface area contributed by atoms with Crippen LogP contribution in [0.5, 0.6) is 11.5 Å². The number of amides is 1. The summed E-state index contributed by atoms with van der Waals surface area (Å²) < 4.78 is 11.5. The molecule has 1 amide bonds. The lowest BCUT2D eigenvalue weighted by Gasteiger charge is -2.20. The summed E-state index contributed by atoms with van der Waals surface area (Å²) in [7, 11) is 0. The van der Waals surface area contributed by atoms with Crippen LogP contribution in [0.15, 0.2) is 58.1 Å². The van der Waals surface area contributed by atoms with Crippen LogP contribution in [0.3, 0.4) is 0 Å². The van der Waals surface area contributed by atoms with E-state index in [0.29, 0.717) is 24.1 Å². The zero-order valence-corrected chi connectivity index (χ0v) is 19.7. The predicted octanol–water partition coefficient (Wildman–Crippen LogP) is 5.18. The van der Waals surface area contributed by atoms with Gasteiger partial charge in [-0.1, -0.05) is 25.1 Å². The lowest BCUT2D eigenvalue weighted by atomic mass is 10.1. The third-order valence-corrected chi connectivity index (χ3v) is 6.22. The smallest absolute Gasteiger partial charge is 0.283 e. The van der Waals surface area contributed by atoms with E-state index in [9.17, 15) is 4.79 Å². The summed E-state index contributed by atoms with van der Waals surface area (Å²) >= 11 is 1.36. The van der Waals surface area contributed by atoms with Crippen LogP contribution >= 0.6 is 11.8 Å². The molecule has 170 valence electrons. The van der Waals surface area contributed by atoms with Gasteiger partial charge in [-0.3, -0.25) is 10.2 Å². The molecule has 0 bridgehead atoms. The van der Waals surface area contributed by atoms with E-state index >= 15 is 0 Å². The van der Waals surface area contributed by atoms with Gasteiger partial charge in [0.2, 0.25) is 5.17 Å². The number of nitrogens with zero attached hydrogens (tertiary/aromatic N) is 3. The number of aryl methyl sites for hydroxylation is 2. The minimum atomic E-state index is -0.421. The normalized spacial score (nSPS) is 16.6. The van der Waals surface area contributed by atoms with E-state index in [2.05, 4.69) is 30.9 Å². The van der Waals surface area contributed by atoms with Gasteiger partial charge in [-0.2, -0.15) is 15.1 Å². The number of amidine groups is 2. The van der Waals surface area contributed by atoms with Crippen molar-refractivity contribution in [2.75, 3.05) is 13.2 Å². The van der Waals surface area contributed by atoms with Gasteiger partial charge >= 0.3 is 0 Å². The Balaban J connectivity index is 1.34. The van der Waals surface area contributed by atoms with Gasteiger partial charge in [0.25, 0.3) is 5.91 Å². The fourth-order valence-corrected chi connectivity index (χ4v) is 4.28. The number of rotatable bonds is 8. The number of fused-ring (bicyclic) bond motifs is 1. The SMILES string of the molecule is CCCC1=NN2C(=N)C(=Cc3ccc(OCCOc4ccc(C)c(C)c4)cc3)C(=O)N=C2S1. The molecule has 0 unspecified atom stereocenters. The zero-order valence-electron chi connectivity index (χ0n) is 18.9. The lowest BCUT2D eigenvalue weighted by molar-refractivity contribution is -0.114. The molecule has 0 spiro atoms. The van der Waals surface area contributed by atoms with Crippen LogP contribution in [0, 0.1) is 19.3 Å². The largest absolute Gasteiger partial charge is 0.490 e. The van der Waals surface area contributed by atoms with E-state index in [1.54, 1.807) is 6.08 Å². The monoisotopic (exact) mass is 462 g/mol. The first-order valence-corrected chi connectivity index (χ1v) is 11.7. The van der Waals surface area contributed by atoms with Gasteiger partial charge in [-0.15, -0.1) is 0 Å². The molecule has 0 atom stereocenters. The summed E-state index contributed by atoms with van der Waals surface area (Å²) in [6.45, 7) is 7.05. The molecule has 2 aliphatic heterocycles. The number of carbonyl (C=O) groups is 1. The second-order valence-electron chi connectivity index (χ2n) is 7.78. The van der Waals surface area contributed by atoms with Crippen LogP contribution in [-0.2, 0) is 4.79 Å². The van der Waals surface area contributed by atoms with Crippen LogP contribution in [0.25, 0.3) is 6.08 Å². The Morgan fingerprint density at radius 2 is 1.73 bits per heavy atom. The molecule has 0 aliphatic carbocycles. The molecule has 0 radical (unpaired) electrons. The van der Waals surface area contributed by atoms with Gasteiger partial charge in [0.1, 0.15) is 29.8 Å². The number of nitrogens with one attached hydrogen (secondary N) is 1. The maximum Gasteiger partial charge on any atom is 0.283 e. The number of hydrazone groups is 1. The fourth-order valence-electron chi connectivity index (χ4n) is 3.30. The number of thioether (sulfide) groups is 1. The lowest BCUT2D eigenvalue weighted by Crippen LogP contribution is -2.35. The minimum absolute atomic E-state index is 0.0485. The van der Waals surface area contributed by atoms with Gasteiger partial charge in [0.05, 0.1) is 5.57 Å². The molecule has 8 heteroatoms. The van der Waals surface area contributed by atoms with E-state index in [-0.39, 0.29) is 11.4 Å². The molecule has 2 aromatic carbocycles. The Hall–Kier alpha value is -3.39. The first-order valence-electron chi connectivity index (χ1n) is 10.9. The van der Waals surface area contributed by atoms with Crippen LogP contribution in [0.4, 0.5) is 0 Å². The highest BCUT2D eigenvalue weighted by Gasteiger charge is 2.35. The van der Waals surface area contributed by atoms with Gasteiger partial charge in [0.15, 0.2) is 5.84 Å². The summed E-state index contributed by atoms with van der Waals surface area (Å²) in [5.41, 5.74) is 3.43. The van der Waals surface area contributed by atoms with Crippen molar-refractivity contribution in [3.05, 3.63) is 64.7 Å². The van der Waals surface area contributed by atoms with Crippen molar-refractivity contribution in [3.63, 3.8) is 0 Å².